The van der Waals surface area contributed by atoms with E-state index < -0.39 is 12.6 Å². The first kappa shape index (κ1) is 27.9. The highest BCUT2D eigenvalue weighted by molar-refractivity contribution is 5.99. The van der Waals surface area contributed by atoms with Crippen LogP contribution in [-0.4, -0.2) is 94.1 Å². The van der Waals surface area contributed by atoms with Crippen molar-refractivity contribution < 1.29 is 37.0 Å². The Morgan fingerprint density at radius 3 is 2.56 bits per heavy atom. The third-order valence-electron chi connectivity index (χ3n) is 5.82. The zero-order valence-corrected chi connectivity index (χ0v) is 20.3. The molecule has 3 atom stereocenters. The number of nitrogens with one attached hydrogen (secondary N) is 1. The summed E-state index contributed by atoms with van der Waals surface area (Å²) >= 11 is 0. The molecule has 0 bridgehead atoms. The highest BCUT2D eigenvalue weighted by Crippen LogP contribution is 2.27. The van der Waals surface area contributed by atoms with Crippen molar-refractivity contribution in [2.24, 2.45) is 5.92 Å². The fourth-order valence-electron chi connectivity index (χ4n) is 3.84. The lowest BCUT2D eigenvalue weighted by Gasteiger charge is -2.36. The van der Waals surface area contributed by atoms with Crippen molar-refractivity contribution in [3.8, 4) is 5.75 Å². The summed E-state index contributed by atoms with van der Waals surface area (Å²) in [6, 6.07) is 4.34. The molecule has 0 saturated carbocycles. The molecule has 11 heteroatoms. The van der Waals surface area contributed by atoms with E-state index in [0.717, 1.165) is 0 Å². The molecule has 0 aromatic heterocycles. The van der Waals surface area contributed by atoms with E-state index in [2.05, 4.69) is 5.32 Å². The first-order valence-corrected chi connectivity index (χ1v) is 11.1. The number of benzene rings is 1. The summed E-state index contributed by atoms with van der Waals surface area (Å²) in [6.45, 7) is 4.06. The van der Waals surface area contributed by atoms with Gasteiger partial charge in [-0.3, -0.25) is 14.5 Å². The van der Waals surface area contributed by atoms with Crippen LogP contribution in [0.15, 0.2) is 18.2 Å². The predicted octanol–water partition coefficient (Wildman–Crippen LogP) is 3.03. The molecule has 1 aromatic carbocycles. The van der Waals surface area contributed by atoms with Crippen LogP contribution in [0.1, 0.15) is 30.6 Å². The van der Waals surface area contributed by atoms with Crippen LogP contribution in [0.3, 0.4) is 0 Å². The zero-order valence-electron chi connectivity index (χ0n) is 20.3. The van der Waals surface area contributed by atoms with Gasteiger partial charge >= 0.3 is 6.18 Å². The van der Waals surface area contributed by atoms with E-state index >= 15 is 0 Å². The number of anilines is 1. The number of hydrogen-bond acceptors (Lipinski definition) is 6. The number of alkyl halides is 3. The van der Waals surface area contributed by atoms with Gasteiger partial charge in [0.1, 0.15) is 19.0 Å². The van der Waals surface area contributed by atoms with Gasteiger partial charge in [0.15, 0.2) is 0 Å². The molecule has 0 radical (unpaired) electrons. The number of likely N-dealkylation sites (N-methyl/N-ethyl adjacent to an activating group) is 1. The molecule has 2 amide bonds. The van der Waals surface area contributed by atoms with Crippen LogP contribution in [0.25, 0.3) is 0 Å². The van der Waals surface area contributed by atoms with Crippen LogP contribution in [0.2, 0.25) is 0 Å². The Labute approximate surface area is 198 Å². The highest BCUT2D eigenvalue weighted by Gasteiger charge is 2.32. The SMILES string of the molecule is COCC(=O)Nc1ccc2c(c1)C(=O)N(C)C[C@H](OC)[C@@H](C)CN(CCC(F)(F)F)[C@H](C)CO2. The van der Waals surface area contributed by atoms with Gasteiger partial charge in [-0.1, -0.05) is 6.92 Å². The number of halogens is 3. The van der Waals surface area contributed by atoms with E-state index in [1.807, 2.05) is 6.92 Å². The van der Waals surface area contributed by atoms with E-state index in [0.29, 0.717) is 12.2 Å². The number of rotatable bonds is 6. The Balaban J connectivity index is 2.37. The average molecular weight is 490 g/mol. The lowest BCUT2D eigenvalue weighted by molar-refractivity contribution is -0.140. The van der Waals surface area contributed by atoms with Crippen LogP contribution in [-0.2, 0) is 14.3 Å². The number of nitrogens with zero attached hydrogens (tertiary/aromatic N) is 2. The van der Waals surface area contributed by atoms with Crippen molar-refractivity contribution >= 4 is 17.5 Å². The topological polar surface area (TPSA) is 80.3 Å². The number of fused-ring (bicyclic) bond motifs is 1. The van der Waals surface area contributed by atoms with Crippen LogP contribution in [0.4, 0.5) is 18.9 Å². The van der Waals surface area contributed by atoms with Gasteiger partial charge in [-0.25, -0.2) is 0 Å². The van der Waals surface area contributed by atoms with Gasteiger partial charge in [0.2, 0.25) is 5.91 Å². The Bertz CT molecular complexity index is 837. The Hall–Kier alpha value is -2.37. The Kier molecular flexibility index (Phi) is 10.1. The smallest absolute Gasteiger partial charge is 0.390 e. The summed E-state index contributed by atoms with van der Waals surface area (Å²) in [5, 5.41) is 2.66. The third-order valence-corrected chi connectivity index (χ3v) is 5.82. The number of carbonyl (C=O) groups excluding carboxylic acids is 2. The number of carbonyl (C=O) groups is 2. The standard InChI is InChI=1S/C23H34F3N3O5/c1-15-11-29(9-8-23(24,25)26)16(2)13-34-19-7-6-17(27-21(30)14-32-4)10-18(19)22(31)28(3)12-20(15)33-5/h6-7,10,15-16,20H,8-9,11-14H2,1-5H3,(H,27,30)/t15-,16+,20-/m0/s1. The number of methoxy groups -OCH3 is 2. The molecule has 2 rings (SSSR count). The molecule has 192 valence electrons. The second-order valence-electron chi connectivity index (χ2n) is 8.65. The summed E-state index contributed by atoms with van der Waals surface area (Å²) in [4.78, 5) is 28.4. The minimum Gasteiger partial charge on any atom is -0.491 e. The molecule has 1 aromatic rings. The summed E-state index contributed by atoms with van der Waals surface area (Å²) in [6.07, 6.45) is -5.58. The molecular formula is C23H34F3N3O5. The van der Waals surface area contributed by atoms with Crippen LogP contribution < -0.4 is 10.1 Å². The first-order chi connectivity index (χ1) is 15.9. The molecule has 34 heavy (non-hydrogen) atoms. The molecule has 1 aliphatic rings. The molecule has 8 nitrogen and oxygen atoms in total. The summed E-state index contributed by atoms with van der Waals surface area (Å²) in [5.74, 6) is -0.560. The molecule has 1 N–H and O–H groups in total. The molecule has 1 heterocycles. The monoisotopic (exact) mass is 489 g/mol. The lowest BCUT2D eigenvalue weighted by atomic mass is 10.0. The van der Waals surface area contributed by atoms with Gasteiger partial charge in [-0.15, -0.1) is 0 Å². The van der Waals surface area contributed by atoms with Gasteiger partial charge in [0.05, 0.1) is 18.1 Å². The number of ether oxygens (including phenoxy) is 3. The van der Waals surface area contributed by atoms with Gasteiger partial charge in [0.25, 0.3) is 5.91 Å². The van der Waals surface area contributed by atoms with Crippen LogP contribution in [0.5, 0.6) is 5.75 Å². The highest BCUT2D eigenvalue weighted by atomic mass is 19.4. The Morgan fingerprint density at radius 1 is 1.24 bits per heavy atom. The van der Waals surface area contributed by atoms with Crippen molar-refractivity contribution in [3.05, 3.63) is 23.8 Å². The third kappa shape index (κ3) is 8.14. The Morgan fingerprint density at radius 2 is 1.94 bits per heavy atom. The zero-order chi connectivity index (χ0) is 25.5. The van der Waals surface area contributed by atoms with Crippen molar-refractivity contribution in [2.45, 2.75) is 38.6 Å². The fraction of sp³-hybridized carbons (Fsp3) is 0.652. The molecule has 0 unspecified atom stereocenters. The minimum absolute atomic E-state index is 0.0849. The van der Waals surface area contributed by atoms with Gasteiger partial charge < -0.3 is 24.4 Å². The minimum atomic E-state index is -4.27. The average Bonchev–Trinajstić information content (AvgIpc) is 2.77. The van der Waals surface area contributed by atoms with Crippen LogP contribution >= 0.6 is 0 Å². The van der Waals surface area contributed by atoms with E-state index in [-0.39, 0.29) is 67.5 Å². The van der Waals surface area contributed by atoms with Crippen molar-refractivity contribution in [1.29, 1.82) is 0 Å². The predicted molar refractivity (Wildman–Crippen MR) is 121 cm³/mol. The largest absolute Gasteiger partial charge is 0.491 e. The van der Waals surface area contributed by atoms with E-state index in [9.17, 15) is 22.8 Å². The maximum atomic E-state index is 13.3. The lowest BCUT2D eigenvalue weighted by Crippen LogP contribution is -2.47. The number of hydrogen-bond donors (Lipinski definition) is 1. The molecular weight excluding hydrogens is 455 g/mol. The maximum Gasteiger partial charge on any atom is 0.390 e. The number of amides is 2. The van der Waals surface area contributed by atoms with Gasteiger partial charge in [0, 0.05) is 52.6 Å². The van der Waals surface area contributed by atoms with Gasteiger partial charge in [-0.2, -0.15) is 13.2 Å². The van der Waals surface area contributed by atoms with Crippen molar-refractivity contribution in [1.82, 2.24) is 9.80 Å². The van der Waals surface area contributed by atoms with Gasteiger partial charge in [-0.05, 0) is 31.0 Å². The van der Waals surface area contributed by atoms with E-state index in [4.69, 9.17) is 14.2 Å². The molecule has 0 aliphatic carbocycles. The first-order valence-electron chi connectivity index (χ1n) is 11.1. The van der Waals surface area contributed by atoms with Crippen molar-refractivity contribution in [2.75, 3.05) is 59.4 Å². The quantitative estimate of drug-likeness (QED) is 0.662. The summed E-state index contributed by atoms with van der Waals surface area (Å²) < 4.78 is 55.1. The van der Waals surface area contributed by atoms with Crippen molar-refractivity contribution in [3.63, 3.8) is 0 Å². The molecule has 0 saturated heterocycles. The fourth-order valence-corrected chi connectivity index (χ4v) is 3.84. The normalized spacial score (nSPS) is 22.9. The van der Waals surface area contributed by atoms with E-state index in [1.165, 1.54) is 25.2 Å². The van der Waals surface area contributed by atoms with Crippen LogP contribution in [0, 0.1) is 5.92 Å². The maximum absolute atomic E-state index is 13.3. The van der Waals surface area contributed by atoms with E-state index in [1.54, 1.807) is 31.0 Å². The molecule has 1 aliphatic heterocycles. The second-order valence-corrected chi connectivity index (χ2v) is 8.65. The second kappa shape index (κ2) is 12.4. The summed E-state index contributed by atoms with van der Waals surface area (Å²) in [5.41, 5.74) is 0.629. The molecule has 0 fully saturated rings. The summed E-state index contributed by atoms with van der Waals surface area (Å²) in [7, 11) is 4.54. The molecule has 0 spiro atoms.